The third-order valence-electron chi connectivity index (χ3n) is 3.26. The van der Waals surface area contributed by atoms with E-state index in [-0.39, 0.29) is 24.7 Å². The molecule has 0 amide bonds. The second-order valence-electron chi connectivity index (χ2n) is 5.23. The Hall–Kier alpha value is -1.40. The molecule has 0 heterocycles. The molecule has 0 fully saturated rings. The van der Waals surface area contributed by atoms with Crippen molar-refractivity contribution in [2.24, 2.45) is 11.8 Å². The Kier molecular flexibility index (Phi) is 8.83. The van der Waals surface area contributed by atoms with Crippen molar-refractivity contribution in [2.75, 3.05) is 0 Å². The van der Waals surface area contributed by atoms with Crippen LogP contribution in [0.1, 0.15) is 39.5 Å². The van der Waals surface area contributed by atoms with E-state index in [0.29, 0.717) is 12.8 Å². The molecule has 4 atom stereocenters. The minimum absolute atomic E-state index is 0.165. The molecule has 0 saturated heterocycles. The van der Waals surface area contributed by atoms with Crippen LogP contribution in [0.15, 0.2) is 12.2 Å². The van der Waals surface area contributed by atoms with Gasteiger partial charge in [-0.25, -0.2) is 0 Å². The van der Waals surface area contributed by atoms with Gasteiger partial charge in [-0.1, -0.05) is 26.0 Å². The first kappa shape index (κ1) is 18.6. The van der Waals surface area contributed by atoms with Crippen LogP contribution < -0.4 is 0 Å². The van der Waals surface area contributed by atoms with Gasteiger partial charge in [-0.15, -0.1) is 0 Å². The fourth-order valence-electron chi connectivity index (χ4n) is 1.70. The molecule has 0 aliphatic heterocycles. The molecule has 0 aliphatic carbocycles. The maximum Gasteiger partial charge on any atom is 0.305 e. The molecule has 0 aromatic carbocycles. The number of rotatable bonds is 10. The first-order valence-corrected chi connectivity index (χ1v) is 6.68. The average molecular weight is 288 g/mol. The monoisotopic (exact) mass is 288 g/mol. The molecule has 116 valence electrons. The third kappa shape index (κ3) is 8.66. The Morgan fingerprint density at radius 1 is 0.850 bits per heavy atom. The third-order valence-corrected chi connectivity index (χ3v) is 3.26. The van der Waals surface area contributed by atoms with E-state index in [0.717, 1.165) is 0 Å². The zero-order valence-corrected chi connectivity index (χ0v) is 11.9. The van der Waals surface area contributed by atoms with Crippen LogP contribution in [-0.4, -0.2) is 44.6 Å². The number of aliphatic carboxylic acids is 2. The fraction of sp³-hybridized carbons (Fsp3) is 0.714. The van der Waals surface area contributed by atoms with Crippen LogP contribution in [0.3, 0.4) is 0 Å². The van der Waals surface area contributed by atoms with Crippen LogP contribution in [0.2, 0.25) is 0 Å². The van der Waals surface area contributed by atoms with E-state index in [9.17, 15) is 19.8 Å². The van der Waals surface area contributed by atoms with Crippen molar-refractivity contribution < 1.29 is 30.0 Å². The quantitative estimate of drug-likeness (QED) is 0.450. The van der Waals surface area contributed by atoms with Crippen LogP contribution in [0.25, 0.3) is 0 Å². The number of allylic oxidation sites excluding steroid dienone is 2. The molecule has 0 unspecified atom stereocenters. The van der Waals surface area contributed by atoms with E-state index in [2.05, 4.69) is 0 Å². The lowest BCUT2D eigenvalue weighted by Gasteiger charge is -2.16. The summed E-state index contributed by atoms with van der Waals surface area (Å²) in [6.07, 6.45) is 2.40. The number of aliphatic hydroxyl groups is 2. The number of hydrogen-bond acceptors (Lipinski definition) is 4. The number of carboxylic acid groups (broad SMARTS) is 2. The Bertz CT molecular complexity index is 307. The topological polar surface area (TPSA) is 115 Å². The Labute approximate surface area is 118 Å². The van der Waals surface area contributed by atoms with Gasteiger partial charge in [0.25, 0.3) is 0 Å². The SMILES string of the molecule is C[C@H](C/C=C/C[C@H](C)[C@H](O)CC(=O)O)[C@H](O)CC(=O)O. The van der Waals surface area contributed by atoms with E-state index in [4.69, 9.17) is 10.2 Å². The zero-order valence-electron chi connectivity index (χ0n) is 11.9. The van der Waals surface area contributed by atoms with Gasteiger partial charge >= 0.3 is 11.9 Å². The molecule has 0 spiro atoms. The van der Waals surface area contributed by atoms with Gasteiger partial charge in [0.1, 0.15) is 0 Å². The summed E-state index contributed by atoms with van der Waals surface area (Å²) in [6, 6.07) is 0. The van der Waals surface area contributed by atoms with Crippen molar-refractivity contribution in [1.82, 2.24) is 0 Å². The average Bonchev–Trinajstić information content (AvgIpc) is 2.32. The maximum atomic E-state index is 10.4. The van der Waals surface area contributed by atoms with Crippen LogP contribution in [0.5, 0.6) is 0 Å². The first-order chi connectivity index (χ1) is 9.23. The molecule has 4 N–H and O–H groups in total. The highest BCUT2D eigenvalue weighted by atomic mass is 16.4. The minimum atomic E-state index is -1.03. The lowest BCUT2D eigenvalue weighted by atomic mass is 9.95. The van der Waals surface area contributed by atoms with Crippen molar-refractivity contribution >= 4 is 11.9 Å². The normalized spacial score (nSPS) is 17.6. The molecular weight excluding hydrogens is 264 g/mol. The molecule has 0 rings (SSSR count). The van der Waals surface area contributed by atoms with Crippen molar-refractivity contribution in [3.63, 3.8) is 0 Å². The maximum absolute atomic E-state index is 10.4. The number of carboxylic acids is 2. The van der Waals surface area contributed by atoms with Gasteiger partial charge in [0, 0.05) is 0 Å². The minimum Gasteiger partial charge on any atom is -0.481 e. The molecule has 0 aromatic rings. The highest BCUT2D eigenvalue weighted by Gasteiger charge is 2.17. The standard InChI is InChI=1S/C14H24O6/c1-9(11(15)7-13(17)18)5-3-4-6-10(2)12(16)8-14(19)20/h3-4,9-12,15-16H,5-8H2,1-2H3,(H,17,18)(H,19,20)/b4-3+/t9-,10+,11-,12-/m1/s1. The lowest BCUT2D eigenvalue weighted by Crippen LogP contribution is -2.21. The molecular formula is C14H24O6. The lowest BCUT2D eigenvalue weighted by molar-refractivity contribution is -0.141. The van der Waals surface area contributed by atoms with Gasteiger partial charge < -0.3 is 20.4 Å². The van der Waals surface area contributed by atoms with E-state index in [1.165, 1.54) is 0 Å². The van der Waals surface area contributed by atoms with E-state index < -0.39 is 24.1 Å². The highest BCUT2D eigenvalue weighted by Crippen LogP contribution is 2.15. The Balaban J connectivity index is 4.01. The number of hydrogen-bond donors (Lipinski definition) is 4. The van der Waals surface area contributed by atoms with E-state index in [1.807, 2.05) is 12.2 Å². The van der Waals surface area contributed by atoms with Crippen molar-refractivity contribution in [3.8, 4) is 0 Å². The fourth-order valence-corrected chi connectivity index (χ4v) is 1.70. The predicted octanol–water partition coefficient (Wildman–Crippen LogP) is 1.27. The summed E-state index contributed by atoms with van der Waals surface area (Å²) in [5.41, 5.74) is 0. The summed E-state index contributed by atoms with van der Waals surface area (Å²) in [4.78, 5) is 20.9. The largest absolute Gasteiger partial charge is 0.481 e. The van der Waals surface area contributed by atoms with Crippen molar-refractivity contribution in [1.29, 1.82) is 0 Å². The van der Waals surface area contributed by atoms with Gasteiger partial charge in [0.15, 0.2) is 0 Å². The summed E-state index contributed by atoms with van der Waals surface area (Å²) in [7, 11) is 0. The second-order valence-corrected chi connectivity index (χ2v) is 5.23. The smallest absolute Gasteiger partial charge is 0.305 e. The molecule has 0 radical (unpaired) electrons. The van der Waals surface area contributed by atoms with E-state index >= 15 is 0 Å². The van der Waals surface area contributed by atoms with Gasteiger partial charge in [-0.3, -0.25) is 9.59 Å². The first-order valence-electron chi connectivity index (χ1n) is 6.68. The van der Waals surface area contributed by atoms with Gasteiger partial charge in [0.2, 0.25) is 0 Å². The predicted molar refractivity (Wildman–Crippen MR) is 73.2 cm³/mol. The second kappa shape index (κ2) is 9.50. The summed E-state index contributed by atoms with van der Waals surface area (Å²) < 4.78 is 0. The van der Waals surface area contributed by atoms with Crippen LogP contribution in [0.4, 0.5) is 0 Å². The number of carbonyl (C=O) groups is 2. The number of aliphatic hydroxyl groups excluding tert-OH is 2. The molecule has 0 bridgehead atoms. The Morgan fingerprint density at radius 3 is 1.40 bits per heavy atom. The molecule has 0 aromatic heterocycles. The summed E-state index contributed by atoms with van der Waals surface area (Å²) in [5, 5.41) is 36.2. The molecule has 6 heteroatoms. The summed E-state index contributed by atoms with van der Waals surface area (Å²) in [5.74, 6) is -2.39. The van der Waals surface area contributed by atoms with Gasteiger partial charge in [-0.2, -0.15) is 0 Å². The molecule has 0 aliphatic rings. The zero-order chi connectivity index (χ0) is 15.7. The van der Waals surface area contributed by atoms with Crippen LogP contribution >= 0.6 is 0 Å². The molecule has 6 nitrogen and oxygen atoms in total. The van der Waals surface area contributed by atoms with Crippen LogP contribution in [0, 0.1) is 11.8 Å². The van der Waals surface area contributed by atoms with Crippen molar-refractivity contribution in [3.05, 3.63) is 12.2 Å². The van der Waals surface area contributed by atoms with Crippen molar-refractivity contribution in [2.45, 2.75) is 51.7 Å². The summed E-state index contributed by atoms with van der Waals surface area (Å²) >= 11 is 0. The molecule has 20 heavy (non-hydrogen) atoms. The van der Waals surface area contributed by atoms with Gasteiger partial charge in [0.05, 0.1) is 25.0 Å². The van der Waals surface area contributed by atoms with Gasteiger partial charge in [-0.05, 0) is 24.7 Å². The summed E-state index contributed by atoms with van der Waals surface area (Å²) in [6.45, 7) is 3.53. The van der Waals surface area contributed by atoms with Crippen LogP contribution in [-0.2, 0) is 9.59 Å². The highest BCUT2D eigenvalue weighted by molar-refractivity contribution is 5.67. The Morgan fingerprint density at radius 2 is 1.15 bits per heavy atom. The van der Waals surface area contributed by atoms with E-state index in [1.54, 1.807) is 13.8 Å². The molecule has 0 saturated carbocycles.